The van der Waals surface area contributed by atoms with E-state index in [0.717, 1.165) is 40.0 Å². The zero-order valence-corrected chi connectivity index (χ0v) is 20.0. The minimum Gasteiger partial charge on any atom is -0.318 e. The van der Waals surface area contributed by atoms with Crippen LogP contribution < -0.4 is 0 Å². The van der Waals surface area contributed by atoms with Gasteiger partial charge in [0.1, 0.15) is 10.9 Å². The maximum Gasteiger partial charge on any atom is 0.283 e. The molecule has 0 bridgehead atoms. The van der Waals surface area contributed by atoms with Gasteiger partial charge in [0, 0.05) is 22.6 Å². The topological polar surface area (TPSA) is 73.8 Å². The second-order valence-corrected chi connectivity index (χ2v) is 9.31. The molecule has 0 radical (unpaired) electrons. The van der Waals surface area contributed by atoms with Gasteiger partial charge in [-0.25, -0.2) is 4.39 Å². The molecule has 2 aliphatic heterocycles. The van der Waals surface area contributed by atoms with Crippen molar-refractivity contribution in [2.75, 3.05) is 0 Å². The van der Waals surface area contributed by atoms with Crippen molar-refractivity contribution in [3.8, 4) is 5.69 Å². The molecule has 0 saturated carbocycles. The van der Waals surface area contributed by atoms with Crippen LogP contribution in [0.2, 0.25) is 0 Å². The van der Waals surface area contributed by atoms with Crippen molar-refractivity contribution in [2.45, 2.75) is 27.7 Å². The molecular weight excluding hydrogens is 449 g/mol. The SMILES string of the molecule is Cc1ccc(-n2c(C)cc(/C=C3/C(=N)N4N=C(c5ccccc5F)SC4=NC3=O)c2C)c(C)c1. The second kappa shape index (κ2) is 8.22. The lowest BCUT2D eigenvalue weighted by Crippen LogP contribution is -2.35. The van der Waals surface area contributed by atoms with Crippen LogP contribution in [0.1, 0.15) is 33.6 Å². The molecule has 2 aliphatic rings. The van der Waals surface area contributed by atoms with E-state index in [1.54, 1.807) is 24.3 Å². The first kappa shape index (κ1) is 22.0. The van der Waals surface area contributed by atoms with Gasteiger partial charge < -0.3 is 4.57 Å². The highest BCUT2D eigenvalue weighted by Crippen LogP contribution is 2.32. The zero-order chi connectivity index (χ0) is 24.1. The normalized spacial score (nSPS) is 16.7. The van der Waals surface area contributed by atoms with Gasteiger partial charge in [-0.15, -0.1) is 0 Å². The third-order valence-corrected chi connectivity index (χ3v) is 6.86. The van der Waals surface area contributed by atoms with Crippen LogP contribution >= 0.6 is 11.8 Å². The van der Waals surface area contributed by atoms with Gasteiger partial charge in [0.25, 0.3) is 5.91 Å². The van der Waals surface area contributed by atoms with Crippen molar-refractivity contribution in [1.82, 2.24) is 9.58 Å². The summed E-state index contributed by atoms with van der Waals surface area (Å²) in [5, 5.41) is 14.9. The number of hydrogen-bond acceptors (Lipinski definition) is 4. The summed E-state index contributed by atoms with van der Waals surface area (Å²) in [6.45, 7) is 8.14. The van der Waals surface area contributed by atoms with Crippen LogP contribution in [-0.4, -0.2) is 31.5 Å². The second-order valence-electron chi connectivity index (χ2n) is 8.36. The Morgan fingerprint density at radius 1 is 1.06 bits per heavy atom. The molecule has 8 heteroatoms. The fraction of sp³-hybridized carbons (Fsp3) is 0.154. The number of carbonyl (C=O) groups is 1. The molecule has 6 nitrogen and oxygen atoms in total. The van der Waals surface area contributed by atoms with E-state index in [1.165, 1.54) is 16.6 Å². The highest BCUT2D eigenvalue weighted by Gasteiger charge is 2.36. The number of fused-ring (bicyclic) bond motifs is 1. The van der Waals surface area contributed by atoms with E-state index < -0.39 is 11.7 Å². The van der Waals surface area contributed by atoms with Crippen LogP contribution in [0.5, 0.6) is 0 Å². The van der Waals surface area contributed by atoms with Crippen molar-refractivity contribution in [2.24, 2.45) is 10.1 Å². The van der Waals surface area contributed by atoms with E-state index in [9.17, 15) is 9.18 Å². The van der Waals surface area contributed by atoms with Crippen molar-refractivity contribution < 1.29 is 9.18 Å². The van der Waals surface area contributed by atoms with Crippen molar-refractivity contribution >= 4 is 39.8 Å². The van der Waals surface area contributed by atoms with Crippen LogP contribution in [0.15, 0.2) is 64.2 Å². The molecule has 34 heavy (non-hydrogen) atoms. The number of aryl methyl sites for hydroxylation is 3. The maximum atomic E-state index is 14.2. The number of hydrazone groups is 1. The van der Waals surface area contributed by atoms with Gasteiger partial charge in [-0.3, -0.25) is 10.2 Å². The molecule has 1 N–H and O–H groups in total. The number of rotatable bonds is 3. The van der Waals surface area contributed by atoms with Gasteiger partial charge in [-0.05, 0) is 80.9 Å². The summed E-state index contributed by atoms with van der Waals surface area (Å²) < 4.78 is 16.4. The highest BCUT2D eigenvalue weighted by atomic mass is 32.2. The summed E-state index contributed by atoms with van der Waals surface area (Å²) in [7, 11) is 0. The molecule has 3 aromatic rings. The Bertz CT molecular complexity index is 1480. The first-order valence-electron chi connectivity index (χ1n) is 10.8. The molecule has 0 spiro atoms. The van der Waals surface area contributed by atoms with Crippen LogP contribution in [0.25, 0.3) is 11.8 Å². The average Bonchev–Trinajstić information content (AvgIpc) is 3.32. The molecule has 170 valence electrons. The Kier molecular flexibility index (Phi) is 5.32. The van der Waals surface area contributed by atoms with E-state index in [4.69, 9.17) is 5.41 Å². The number of aliphatic imine (C=N–C) groups is 1. The van der Waals surface area contributed by atoms with E-state index >= 15 is 0 Å². The largest absolute Gasteiger partial charge is 0.318 e. The number of benzene rings is 2. The fourth-order valence-electron chi connectivity index (χ4n) is 4.25. The first-order chi connectivity index (χ1) is 16.2. The molecule has 1 amide bonds. The molecular formula is C26H22FN5OS. The molecule has 0 aliphatic carbocycles. The Labute approximate surface area is 201 Å². The van der Waals surface area contributed by atoms with Gasteiger partial charge in [-0.2, -0.15) is 15.1 Å². The number of hydrogen-bond donors (Lipinski definition) is 1. The number of nitrogens with one attached hydrogen (secondary N) is 1. The average molecular weight is 472 g/mol. The Balaban J connectivity index is 1.53. The van der Waals surface area contributed by atoms with Crippen LogP contribution in [-0.2, 0) is 4.79 Å². The van der Waals surface area contributed by atoms with Gasteiger partial charge in [-0.1, -0.05) is 29.8 Å². The summed E-state index contributed by atoms with van der Waals surface area (Å²) in [6.07, 6.45) is 1.69. The third kappa shape index (κ3) is 3.60. The quantitative estimate of drug-likeness (QED) is 0.512. The van der Waals surface area contributed by atoms with Crippen LogP contribution in [0.3, 0.4) is 0 Å². The van der Waals surface area contributed by atoms with E-state index in [2.05, 4.69) is 46.7 Å². The predicted octanol–water partition coefficient (Wildman–Crippen LogP) is 5.52. The fourth-order valence-corrected chi connectivity index (χ4v) is 5.17. The number of carbonyl (C=O) groups excluding carboxylic acids is 1. The smallest absolute Gasteiger partial charge is 0.283 e. The lowest BCUT2D eigenvalue weighted by atomic mass is 10.1. The molecule has 3 heterocycles. The minimum atomic E-state index is -0.509. The lowest BCUT2D eigenvalue weighted by molar-refractivity contribution is -0.114. The van der Waals surface area contributed by atoms with E-state index in [-0.39, 0.29) is 16.6 Å². The lowest BCUT2D eigenvalue weighted by Gasteiger charge is -2.20. The van der Waals surface area contributed by atoms with Crippen LogP contribution in [0.4, 0.5) is 4.39 Å². The molecule has 0 unspecified atom stereocenters. The van der Waals surface area contributed by atoms with Gasteiger partial charge in [0.05, 0.1) is 5.57 Å². The predicted molar refractivity (Wildman–Crippen MR) is 135 cm³/mol. The number of amides is 1. The zero-order valence-electron chi connectivity index (χ0n) is 19.2. The number of aromatic nitrogens is 1. The van der Waals surface area contributed by atoms with Crippen molar-refractivity contribution in [3.05, 3.63) is 93.6 Å². The van der Waals surface area contributed by atoms with Crippen molar-refractivity contribution in [3.63, 3.8) is 0 Å². The van der Waals surface area contributed by atoms with Gasteiger partial charge in [0.2, 0.25) is 5.17 Å². The van der Waals surface area contributed by atoms with E-state index in [0.29, 0.717) is 10.6 Å². The molecule has 0 saturated heterocycles. The summed E-state index contributed by atoms with van der Waals surface area (Å²) in [6, 6.07) is 14.6. The summed E-state index contributed by atoms with van der Waals surface area (Å²) in [5.41, 5.74) is 6.68. The minimum absolute atomic E-state index is 0.0786. The van der Waals surface area contributed by atoms with Crippen molar-refractivity contribution in [1.29, 1.82) is 5.41 Å². The Hall–Kier alpha value is -3.78. The molecule has 2 aromatic carbocycles. The first-order valence-corrected chi connectivity index (χ1v) is 11.6. The molecule has 0 atom stereocenters. The Morgan fingerprint density at radius 2 is 1.82 bits per heavy atom. The van der Waals surface area contributed by atoms with E-state index in [1.807, 2.05) is 19.9 Å². The molecule has 0 fully saturated rings. The summed E-state index contributed by atoms with van der Waals surface area (Å²) in [5.74, 6) is -1.00. The number of nitrogens with zero attached hydrogens (tertiary/aromatic N) is 4. The standard InChI is InChI=1S/C26H22FN5OS/c1-14-9-10-22(15(2)11-14)31-16(3)12-18(17(31)4)13-20-23(28)32-26(29-24(20)33)34-25(30-32)19-7-5-6-8-21(19)27/h5-13,28H,1-4H3/b20-13-,28-23?. The monoisotopic (exact) mass is 471 g/mol. The summed E-state index contributed by atoms with van der Waals surface area (Å²) >= 11 is 1.08. The Morgan fingerprint density at radius 3 is 2.56 bits per heavy atom. The molecule has 5 rings (SSSR count). The van der Waals surface area contributed by atoms with Gasteiger partial charge >= 0.3 is 0 Å². The number of thioether (sulfide) groups is 1. The maximum absolute atomic E-state index is 14.2. The summed E-state index contributed by atoms with van der Waals surface area (Å²) in [4.78, 5) is 17.0. The third-order valence-electron chi connectivity index (χ3n) is 5.92. The number of halogens is 1. The molecule has 1 aromatic heterocycles. The number of amidine groups is 2. The highest BCUT2D eigenvalue weighted by molar-refractivity contribution is 8.27. The van der Waals surface area contributed by atoms with Crippen LogP contribution in [0, 0.1) is 38.9 Å². The van der Waals surface area contributed by atoms with Gasteiger partial charge in [0.15, 0.2) is 5.84 Å².